The van der Waals surface area contributed by atoms with Crippen LogP contribution in [0.4, 0.5) is 5.69 Å². The van der Waals surface area contributed by atoms with E-state index in [1.165, 1.54) is 11.3 Å². The molecule has 1 saturated heterocycles. The molecule has 0 spiro atoms. The number of benzene rings is 1. The van der Waals surface area contributed by atoms with Crippen molar-refractivity contribution in [2.45, 2.75) is 19.4 Å². The number of β-amino-alcohol motifs (C(OH)–C–C–N with tert-alkyl or cyclic N) is 1. The van der Waals surface area contributed by atoms with Crippen LogP contribution in [0.15, 0.2) is 24.3 Å². The zero-order valence-corrected chi connectivity index (χ0v) is 11.8. The monoisotopic (exact) mass is 263 g/mol. The van der Waals surface area contributed by atoms with E-state index in [9.17, 15) is 0 Å². The fourth-order valence-electron chi connectivity index (χ4n) is 2.54. The molecule has 1 fully saturated rings. The highest BCUT2D eigenvalue weighted by Crippen LogP contribution is 2.20. The predicted octanol–water partition coefficient (Wildman–Crippen LogP) is 1.21. The van der Waals surface area contributed by atoms with Gasteiger partial charge in [0, 0.05) is 44.5 Å². The first-order valence-electron chi connectivity index (χ1n) is 7.18. The van der Waals surface area contributed by atoms with Crippen LogP contribution >= 0.6 is 0 Å². The second kappa shape index (κ2) is 6.89. The average Bonchev–Trinajstić information content (AvgIpc) is 2.48. The summed E-state index contributed by atoms with van der Waals surface area (Å²) in [7, 11) is 0. The molecule has 1 aromatic rings. The van der Waals surface area contributed by atoms with E-state index in [2.05, 4.69) is 41.0 Å². The minimum Gasteiger partial charge on any atom is -0.395 e. The van der Waals surface area contributed by atoms with Gasteiger partial charge in [-0.25, -0.2) is 0 Å². The fraction of sp³-hybridized carbons (Fsp3) is 0.600. The van der Waals surface area contributed by atoms with Gasteiger partial charge < -0.3 is 15.7 Å². The molecule has 0 aromatic heterocycles. The molecule has 106 valence electrons. The topological polar surface area (TPSA) is 52.7 Å². The molecule has 0 radical (unpaired) electrons. The number of aliphatic hydroxyl groups excluding tert-OH is 1. The zero-order chi connectivity index (χ0) is 13.7. The molecule has 1 aliphatic rings. The minimum absolute atomic E-state index is 0.149. The maximum Gasteiger partial charge on any atom is 0.0558 e. The number of nitrogens with zero attached hydrogens (tertiary/aromatic N) is 2. The van der Waals surface area contributed by atoms with Gasteiger partial charge in [-0.3, -0.25) is 4.90 Å². The lowest BCUT2D eigenvalue weighted by Crippen LogP contribution is -2.47. The highest BCUT2D eigenvalue weighted by atomic mass is 16.3. The van der Waals surface area contributed by atoms with Gasteiger partial charge in [-0.2, -0.15) is 0 Å². The molecular weight excluding hydrogens is 238 g/mol. The highest BCUT2D eigenvalue weighted by molar-refractivity contribution is 5.48. The predicted molar refractivity (Wildman–Crippen MR) is 79.4 cm³/mol. The molecule has 1 aliphatic heterocycles. The van der Waals surface area contributed by atoms with Crippen molar-refractivity contribution >= 4 is 5.69 Å². The molecule has 0 saturated carbocycles. The molecule has 1 atom stereocenters. The van der Waals surface area contributed by atoms with Crippen molar-refractivity contribution in [3.05, 3.63) is 29.8 Å². The number of aliphatic hydroxyl groups is 1. The largest absolute Gasteiger partial charge is 0.395 e. The second-order valence-corrected chi connectivity index (χ2v) is 5.16. The molecule has 1 aromatic carbocycles. The number of hydrogen-bond donors (Lipinski definition) is 2. The highest BCUT2D eigenvalue weighted by Gasteiger charge is 2.16. The molecule has 4 nitrogen and oxygen atoms in total. The van der Waals surface area contributed by atoms with Crippen LogP contribution in [-0.2, 0) is 0 Å². The first-order valence-corrected chi connectivity index (χ1v) is 7.18. The van der Waals surface area contributed by atoms with Gasteiger partial charge in [0.05, 0.1) is 6.61 Å². The van der Waals surface area contributed by atoms with Crippen molar-refractivity contribution in [1.29, 1.82) is 0 Å². The zero-order valence-electron chi connectivity index (χ0n) is 11.8. The summed E-state index contributed by atoms with van der Waals surface area (Å²) in [5, 5.41) is 8.94. The lowest BCUT2D eigenvalue weighted by Gasteiger charge is -2.35. The Morgan fingerprint density at radius 3 is 2.32 bits per heavy atom. The van der Waals surface area contributed by atoms with Crippen LogP contribution in [0.25, 0.3) is 0 Å². The number of anilines is 1. The molecule has 1 heterocycles. The quantitative estimate of drug-likeness (QED) is 0.838. The maximum absolute atomic E-state index is 8.94. The van der Waals surface area contributed by atoms with E-state index >= 15 is 0 Å². The van der Waals surface area contributed by atoms with E-state index in [0.717, 1.165) is 39.1 Å². The van der Waals surface area contributed by atoms with Crippen LogP contribution in [0, 0.1) is 0 Å². The summed E-state index contributed by atoms with van der Waals surface area (Å²) >= 11 is 0. The molecule has 2 rings (SSSR count). The third kappa shape index (κ3) is 3.69. The molecule has 0 amide bonds. The standard InChI is InChI=1S/C15H25N3O/c1-2-15(16)13-3-5-14(6-4-13)18-9-7-17(8-10-18)11-12-19/h3-6,15,19H,2,7-12,16H2,1H3/t15-/m0/s1. The molecule has 0 unspecified atom stereocenters. The van der Waals surface area contributed by atoms with Crippen LogP contribution in [-0.4, -0.2) is 49.3 Å². The van der Waals surface area contributed by atoms with Crippen LogP contribution in [0.5, 0.6) is 0 Å². The Morgan fingerprint density at radius 1 is 1.16 bits per heavy atom. The van der Waals surface area contributed by atoms with Gasteiger partial charge in [-0.05, 0) is 24.1 Å². The summed E-state index contributed by atoms with van der Waals surface area (Å²) in [6.45, 7) is 7.26. The molecule has 3 N–H and O–H groups in total. The molecule has 4 heteroatoms. The van der Waals surface area contributed by atoms with Crippen molar-refractivity contribution in [2.75, 3.05) is 44.2 Å². The van der Waals surface area contributed by atoms with Gasteiger partial charge >= 0.3 is 0 Å². The Hall–Kier alpha value is -1.10. The van der Waals surface area contributed by atoms with E-state index < -0.39 is 0 Å². The third-order valence-electron chi connectivity index (χ3n) is 3.91. The van der Waals surface area contributed by atoms with Gasteiger partial charge in [0.2, 0.25) is 0 Å². The van der Waals surface area contributed by atoms with E-state index in [1.807, 2.05) is 0 Å². The SMILES string of the molecule is CC[C@H](N)c1ccc(N2CCN(CCO)CC2)cc1. The van der Waals surface area contributed by atoms with Crippen molar-refractivity contribution in [1.82, 2.24) is 4.90 Å². The summed E-state index contributed by atoms with van der Waals surface area (Å²) in [6, 6.07) is 8.78. The fourth-order valence-corrected chi connectivity index (χ4v) is 2.54. The van der Waals surface area contributed by atoms with Gasteiger partial charge in [0.15, 0.2) is 0 Å². The smallest absolute Gasteiger partial charge is 0.0558 e. The first kappa shape index (κ1) is 14.3. The Kier molecular flexibility index (Phi) is 5.19. The average molecular weight is 263 g/mol. The first-order chi connectivity index (χ1) is 9.24. The number of hydrogen-bond acceptors (Lipinski definition) is 4. The van der Waals surface area contributed by atoms with Crippen molar-refractivity contribution in [2.24, 2.45) is 5.73 Å². The molecule has 19 heavy (non-hydrogen) atoms. The van der Waals surface area contributed by atoms with Gasteiger partial charge in [-0.15, -0.1) is 0 Å². The van der Waals surface area contributed by atoms with E-state index in [0.29, 0.717) is 0 Å². The number of rotatable bonds is 5. The van der Waals surface area contributed by atoms with Gasteiger partial charge in [0.1, 0.15) is 0 Å². The summed E-state index contributed by atoms with van der Waals surface area (Å²) in [4.78, 5) is 4.70. The van der Waals surface area contributed by atoms with Crippen molar-refractivity contribution in [3.63, 3.8) is 0 Å². The van der Waals surface area contributed by atoms with Crippen LogP contribution in [0.2, 0.25) is 0 Å². The lowest BCUT2D eigenvalue weighted by molar-refractivity contribution is 0.189. The minimum atomic E-state index is 0.149. The van der Waals surface area contributed by atoms with E-state index in [-0.39, 0.29) is 12.6 Å². The lowest BCUT2D eigenvalue weighted by atomic mass is 10.0. The van der Waals surface area contributed by atoms with Crippen molar-refractivity contribution in [3.8, 4) is 0 Å². The Morgan fingerprint density at radius 2 is 1.79 bits per heavy atom. The third-order valence-corrected chi connectivity index (χ3v) is 3.91. The molecular formula is C15H25N3O. The van der Waals surface area contributed by atoms with Crippen molar-refractivity contribution < 1.29 is 5.11 Å². The van der Waals surface area contributed by atoms with Gasteiger partial charge in [0.25, 0.3) is 0 Å². The summed E-state index contributed by atoms with van der Waals surface area (Å²) < 4.78 is 0. The molecule has 0 bridgehead atoms. The number of piperazine rings is 1. The Labute approximate surface area is 115 Å². The van der Waals surface area contributed by atoms with E-state index in [1.54, 1.807) is 0 Å². The van der Waals surface area contributed by atoms with Crippen LogP contribution in [0.1, 0.15) is 24.9 Å². The van der Waals surface area contributed by atoms with Crippen LogP contribution in [0.3, 0.4) is 0 Å². The van der Waals surface area contributed by atoms with Gasteiger partial charge in [-0.1, -0.05) is 19.1 Å². The van der Waals surface area contributed by atoms with Crippen LogP contribution < -0.4 is 10.6 Å². The van der Waals surface area contributed by atoms with E-state index in [4.69, 9.17) is 10.8 Å². The maximum atomic E-state index is 8.94. The summed E-state index contributed by atoms with van der Waals surface area (Å²) in [5.74, 6) is 0. The number of nitrogens with two attached hydrogens (primary N) is 1. The summed E-state index contributed by atoms with van der Waals surface area (Å²) in [5.41, 5.74) is 8.52. The Bertz CT molecular complexity index is 371. The normalized spacial score (nSPS) is 18.6. The Balaban J connectivity index is 1.92. The molecule has 0 aliphatic carbocycles. The second-order valence-electron chi connectivity index (χ2n) is 5.16. The summed E-state index contributed by atoms with van der Waals surface area (Å²) in [6.07, 6.45) is 0.971.